The van der Waals surface area contributed by atoms with Gasteiger partial charge in [0.25, 0.3) is 11.6 Å². The molecule has 24 heavy (non-hydrogen) atoms. The summed E-state index contributed by atoms with van der Waals surface area (Å²) in [5, 5.41) is 22.9. The number of rotatable bonds is 4. The van der Waals surface area contributed by atoms with Crippen molar-refractivity contribution in [2.75, 3.05) is 5.32 Å². The van der Waals surface area contributed by atoms with Crippen LogP contribution in [0.2, 0.25) is 5.02 Å². The lowest BCUT2D eigenvalue weighted by Crippen LogP contribution is -2.14. The van der Waals surface area contributed by atoms with Gasteiger partial charge >= 0.3 is 0 Å². The van der Waals surface area contributed by atoms with Gasteiger partial charge in [0.1, 0.15) is 11.6 Å². The highest BCUT2D eigenvalue weighted by atomic mass is 35.5. The Morgan fingerprint density at radius 2 is 2.04 bits per heavy atom. The zero-order valence-corrected chi connectivity index (χ0v) is 13.4. The largest absolute Gasteiger partial charge is 0.321 e. The highest BCUT2D eigenvalue weighted by molar-refractivity contribution is 6.32. The lowest BCUT2D eigenvalue weighted by molar-refractivity contribution is -0.384. The van der Waals surface area contributed by atoms with Gasteiger partial charge in [-0.2, -0.15) is 5.26 Å². The van der Waals surface area contributed by atoms with Gasteiger partial charge in [-0.1, -0.05) is 29.8 Å². The van der Waals surface area contributed by atoms with Gasteiger partial charge < -0.3 is 5.32 Å². The van der Waals surface area contributed by atoms with Crippen LogP contribution < -0.4 is 5.32 Å². The Bertz CT molecular complexity index is 885. The first-order chi connectivity index (χ1) is 11.4. The van der Waals surface area contributed by atoms with Crippen LogP contribution in [0.15, 0.2) is 48.0 Å². The maximum atomic E-state index is 12.3. The number of nitro benzene ring substituents is 1. The van der Waals surface area contributed by atoms with Crippen molar-refractivity contribution in [3.63, 3.8) is 0 Å². The Labute approximate surface area is 143 Å². The minimum Gasteiger partial charge on any atom is -0.321 e. The summed E-state index contributed by atoms with van der Waals surface area (Å²) in [6.07, 6.45) is 1.39. The summed E-state index contributed by atoms with van der Waals surface area (Å²) in [4.78, 5) is 22.5. The second-order valence-electron chi connectivity index (χ2n) is 4.90. The molecule has 0 saturated heterocycles. The lowest BCUT2D eigenvalue weighted by atomic mass is 10.1. The number of amides is 1. The van der Waals surface area contributed by atoms with E-state index < -0.39 is 10.8 Å². The van der Waals surface area contributed by atoms with Crippen LogP contribution in [-0.2, 0) is 4.79 Å². The van der Waals surface area contributed by atoms with Gasteiger partial charge in [0.2, 0.25) is 0 Å². The van der Waals surface area contributed by atoms with E-state index in [1.807, 2.05) is 6.07 Å². The molecule has 0 heterocycles. The maximum Gasteiger partial charge on any atom is 0.269 e. The number of nitrogens with zero attached hydrogens (tertiary/aromatic N) is 2. The first-order valence-corrected chi connectivity index (χ1v) is 7.23. The molecule has 0 aliphatic heterocycles. The molecule has 1 amide bonds. The number of carbonyl (C=O) groups excluding carboxylic acids is 1. The molecule has 0 radical (unpaired) electrons. The number of carbonyl (C=O) groups is 1. The fourth-order valence-corrected chi connectivity index (χ4v) is 2.18. The first kappa shape index (κ1) is 17.2. The third-order valence-electron chi connectivity index (χ3n) is 3.24. The molecule has 0 aliphatic carbocycles. The van der Waals surface area contributed by atoms with E-state index in [0.717, 1.165) is 0 Å². The maximum absolute atomic E-state index is 12.3. The van der Waals surface area contributed by atoms with Gasteiger partial charge in [-0.15, -0.1) is 0 Å². The Balaban J connectivity index is 2.26. The van der Waals surface area contributed by atoms with Crippen molar-refractivity contribution >= 4 is 35.0 Å². The molecule has 0 bridgehead atoms. The van der Waals surface area contributed by atoms with Crippen molar-refractivity contribution in [3.8, 4) is 6.07 Å². The summed E-state index contributed by atoms with van der Waals surface area (Å²) in [7, 11) is 0. The third kappa shape index (κ3) is 3.97. The number of nitrogens with one attached hydrogen (secondary N) is 1. The normalized spacial score (nSPS) is 10.8. The second kappa shape index (κ2) is 7.40. The molecule has 2 aromatic rings. The van der Waals surface area contributed by atoms with Crippen LogP contribution in [0, 0.1) is 28.4 Å². The highest BCUT2D eigenvalue weighted by Gasteiger charge is 2.14. The monoisotopic (exact) mass is 341 g/mol. The molecule has 0 saturated carbocycles. The number of benzene rings is 2. The molecule has 0 aliphatic rings. The van der Waals surface area contributed by atoms with Gasteiger partial charge in [0.05, 0.1) is 4.92 Å². The Hall–Kier alpha value is -3.17. The average Bonchev–Trinajstić information content (AvgIpc) is 2.55. The molecule has 120 valence electrons. The molecule has 6 nitrogen and oxygen atoms in total. The molecule has 0 spiro atoms. The van der Waals surface area contributed by atoms with E-state index in [4.69, 9.17) is 11.6 Å². The van der Waals surface area contributed by atoms with Gasteiger partial charge in [-0.25, -0.2) is 0 Å². The molecule has 1 N–H and O–H groups in total. The van der Waals surface area contributed by atoms with Crippen molar-refractivity contribution in [3.05, 3.63) is 74.3 Å². The number of hydrogen-bond acceptors (Lipinski definition) is 4. The van der Waals surface area contributed by atoms with E-state index in [-0.39, 0.29) is 11.3 Å². The number of halogens is 1. The smallest absolute Gasteiger partial charge is 0.269 e. The van der Waals surface area contributed by atoms with Gasteiger partial charge in [0.15, 0.2) is 0 Å². The topological polar surface area (TPSA) is 96.0 Å². The van der Waals surface area contributed by atoms with Crippen molar-refractivity contribution in [1.29, 1.82) is 5.26 Å². The molecule has 0 fully saturated rings. The zero-order valence-electron chi connectivity index (χ0n) is 12.6. The summed E-state index contributed by atoms with van der Waals surface area (Å²) in [5.74, 6) is -0.616. The summed E-state index contributed by atoms with van der Waals surface area (Å²) in [6, 6.07) is 12.7. The molecule has 7 heteroatoms. The van der Waals surface area contributed by atoms with Crippen LogP contribution >= 0.6 is 11.6 Å². The van der Waals surface area contributed by atoms with Crippen molar-refractivity contribution in [1.82, 2.24) is 0 Å². The van der Waals surface area contributed by atoms with E-state index in [1.54, 1.807) is 31.2 Å². The van der Waals surface area contributed by atoms with Crippen LogP contribution in [0.4, 0.5) is 11.4 Å². The molecular weight excluding hydrogens is 330 g/mol. The number of nitriles is 1. The fourth-order valence-electron chi connectivity index (χ4n) is 1.99. The van der Waals surface area contributed by atoms with E-state index >= 15 is 0 Å². The summed E-state index contributed by atoms with van der Waals surface area (Å²) >= 11 is 6.01. The molecule has 0 aromatic heterocycles. The second-order valence-corrected chi connectivity index (χ2v) is 5.31. The van der Waals surface area contributed by atoms with Crippen LogP contribution in [0.3, 0.4) is 0 Å². The fraction of sp³-hybridized carbons (Fsp3) is 0.0588. The number of anilines is 1. The van der Waals surface area contributed by atoms with Gasteiger partial charge in [0, 0.05) is 22.8 Å². The van der Waals surface area contributed by atoms with Crippen molar-refractivity contribution < 1.29 is 9.72 Å². The van der Waals surface area contributed by atoms with Crippen LogP contribution in [0.5, 0.6) is 0 Å². The third-order valence-corrected chi connectivity index (χ3v) is 3.58. The lowest BCUT2D eigenvalue weighted by Gasteiger charge is -2.08. The van der Waals surface area contributed by atoms with E-state index in [9.17, 15) is 20.2 Å². The van der Waals surface area contributed by atoms with Crippen LogP contribution in [0.1, 0.15) is 11.1 Å². The minimum absolute atomic E-state index is 0.0717. The van der Waals surface area contributed by atoms with Crippen LogP contribution in [-0.4, -0.2) is 10.8 Å². The average molecular weight is 342 g/mol. The number of aryl methyl sites for hydroxylation is 1. The predicted octanol–water partition coefficient (Wildman–Crippen LogP) is 4.10. The Morgan fingerprint density at radius 3 is 2.62 bits per heavy atom. The molecular formula is C17H12ClN3O3. The van der Waals surface area contributed by atoms with E-state index in [2.05, 4.69) is 5.32 Å². The minimum atomic E-state index is -0.616. The van der Waals surface area contributed by atoms with Gasteiger partial charge in [-0.3, -0.25) is 14.9 Å². The van der Waals surface area contributed by atoms with Gasteiger partial charge in [-0.05, 0) is 36.3 Å². The highest BCUT2D eigenvalue weighted by Crippen LogP contribution is 2.22. The van der Waals surface area contributed by atoms with E-state index in [0.29, 0.717) is 21.8 Å². The standard InChI is InChI=1S/C17H12ClN3O3/c1-11-8-14(21(23)24)6-7-16(11)20-17(22)13(10-19)9-12-4-2-3-5-15(12)18/h2-9H,1H3,(H,20,22)/b13-9+. The number of nitro groups is 1. The van der Waals surface area contributed by atoms with E-state index in [1.165, 1.54) is 24.3 Å². The quantitative estimate of drug-likeness (QED) is 0.392. The van der Waals surface area contributed by atoms with Crippen molar-refractivity contribution in [2.45, 2.75) is 6.92 Å². The summed E-state index contributed by atoms with van der Waals surface area (Å²) in [5.41, 5.74) is 1.27. The number of non-ortho nitro benzene ring substituents is 1. The summed E-state index contributed by atoms with van der Waals surface area (Å²) < 4.78 is 0. The Kier molecular flexibility index (Phi) is 5.30. The molecule has 0 unspecified atom stereocenters. The molecule has 2 rings (SSSR count). The van der Waals surface area contributed by atoms with Crippen molar-refractivity contribution in [2.24, 2.45) is 0 Å². The number of hydrogen-bond donors (Lipinski definition) is 1. The Morgan fingerprint density at radius 1 is 1.33 bits per heavy atom. The SMILES string of the molecule is Cc1cc([N+](=O)[O-])ccc1NC(=O)/C(C#N)=C/c1ccccc1Cl. The predicted molar refractivity (Wildman–Crippen MR) is 91.5 cm³/mol. The zero-order chi connectivity index (χ0) is 17.7. The summed E-state index contributed by atoms with van der Waals surface area (Å²) in [6.45, 7) is 1.63. The molecule has 2 aromatic carbocycles. The first-order valence-electron chi connectivity index (χ1n) is 6.85. The van der Waals surface area contributed by atoms with Crippen LogP contribution in [0.25, 0.3) is 6.08 Å². The molecule has 0 atom stereocenters.